The average molecular weight is 395 g/mol. The van der Waals surface area contributed by atoms with Gasteiger partial charge in [0, 0.05) is 43.4 Å². The largest absolute Gasteiger partial charge is 0.394 e. The summed E-state index contributed by atoms with van der Waals surface area (Å²) in [4.78, 5) is 24.8. The van der Waals surface area contributed by atoms with Crippen LogP contribution in [0.3, 0.4) is 0 Å². The number of carbonyl (C=O) groups is 1. The Balaban J connectivity index is 1.81. The van der Waals surface area contributed by atoms with Gasteiger partial charge in [0.1, 0.15) is 6.33 Å². The van der Waals surface area contributed by atoms with Crippen LogP contribution in [0.25, 0.3) is 6.08 Å². The number of carbonyl (C=O) groups excluding carboxylic acids is 1. The van der Waals surface area contributed by atoms with Crippen molar-refractivity contribution in [1.82, 2.24) is 19.8 Å². The maximum Gasteiger partial charge on any atom is 0.222 e. The molecule has 1 aliphatic heterocycles. The maximum absolute atomic E-state index is 12.6. The summed E-state index contributed by atoms with van der Waals surface area (Å²) in [6.07, 6.45) is 9.67. The third kappa shape index (κ3) is 4.71. The molecule has 1 aromatic heterocycles. The molecule has 2 aromatic rings. The van der Waals surface area contributed by atoms with Gasteiger partial charge >= 0.3 is 0 Å². The summed E-state index contributed by atoms with van der Waals surface area (Å²) >= 11 is 0. The van der Waals surface area contributed by atoms with Gasteiger partial charge in [0.05, 0.1) is 18.7 Å². The van der Waals surface area contributed by atoms with E-state index in [9.17, 15) is 9.90 Å². The van der Waals surface area contributed by atoms with E-state index in [-0.39, 0.29) is 30.5 Å². The molecule has 0 radical (unpaired) electrons. The van der Waals surface area contributed by atoms with Gasteiger partial charge in [-0.15, -0.1) is 0 Å². The van der Waals surface area contributed by atoms with E-state index in [0.29, 0.717) is 13.0 Å². The van der Waals surface area contributed by atoms with Crippen LogP contribution in [0.15, 0.2) is 49.1 Å². The highest BCUT2D eigenvalue weighted by molar-refractivity contribution is 5.78. The third-order valence-corrected chi connectivity index (χ3v) is 5.57. The first-order valence-corrected chi connectivity index (χ1v) is 10.2. The zero-order valence-electron chi connectivity index (χ0n) is 17.4. The number of likely N-dealkylation sites (N-methyl/N-ethyl adjacent to an activating group) is 1. The van der Waals surface area contributed by atoms with E-state index in [1.54, 1.807) is 0 Å². The summed E-state index contributed by atoms with van der Waals surface area (Å²) in [7, 11) is 2.04. The molecule has 2 heterocycles. The highest BCUT2D eigenvalue weighted by atomic mass is 16.3. The first-order chi connectivity index (χ1) is 14.1. The Morgan fingerprint density at radius 3 is 2.48 bits per heavy atom. The zero-order valence-corrected chi connectivity index (χ0v) is 17.4. The number of aromatic nitrogens is 2. The number of aliphatic hydroxyl groups is 1. The molecule has 6 nitrogen and oxygen atoms in total. The molecule has 0 spiro atoms. The summed E-state index contributed by atoms with van der Waals surface area (Å²) in [6.45, 7) is 5.28. The van der Waals surface area contributed by atoms with Crippen molar-refractivity contribution in [3.63, 3.8) is 0 Å². The first-order valence-electron chi connectivity index (χ1n) is 10.2. The van der Waals surface area contributed by atoms with Crippen LogP contribution >= 0.6 is 0 Å². The Labute approximate surface area is 172 Å². The lowest BCUT2D eigenvalue weighted by molar-refractivity contribution is -0.151. The van der Waals surface area contributed by atoms with Gasteiger partial charge in [0.15, 0.2) is 0 Å². The molecule has 154 valence electrons. The predicted molar refractivity (Wildman–Crippen MR) is 114 cm³/mol. The zero-order chi connectivity index (χ0) is 20.8. The monoisotopic (exact) mass is 394 g/mol. The lowest BCUT2D eigenvalue weighted by atomic mass is 9.74. The number of allylic oxidation sites excluding steroid dienone is 1. The first kappa shape index (κ1) is 21.1. The molecule has 1 saturated heterocycles. The standard InChI is InChI=1S/C23H30N4O2/c1-4-6-17-7-9-19(10-8-17)23-20(27(21(23)15-28)22(29)5-2)14-26(3)13-18-11-24-16-25-12-18/h4,6-12,16,20-21,23,28H,5,13-15H2,1-3H3/b6-4+/t20-,21+,23+/m0/s1. The van der Waals surface area contributed by atoms with Crippen molar-refractivity contribution in [2.45, 2.75) is 44.8 Å². The molecule has 1 amide bonds. The Hall–Kier alpha value is -2.57. The lowest BCUT2D eigenvalue weighted by Crippen LogP contribution is -2.68. The molecule has 1 N–H and O–H groups in total. The van der Waals surface area contributed by atoms with Crippen molar-refractivity contribution < 1.29 is 9.90 Å². The van der Waals surface area contributed by atoms with Crippen LogP contribution in [0.4, 0.5) is 0 Å². The molecular weight excluding hydrogens is 364 g/mol. The molecule has 3 atom stereocenters. The van der Waals surface area contributed by atoms with Crippen LogP contribution in [-0.2, 0) is 11.3 Å². The fourth-order valence-electron chi connectivity index (χ4n) is 4.28. The summed E-state index contributed by atoms with van der Waals surface area (Å²) in [5, 5.41) is 10.0. The molecule has 1 aliphatic rings. The van der Waals surface area contributed by atoms with Crippen LogP contribution < -0.4 is 0 Å². The van der Waals surface area contributed by atoms with E-state index in [0.717, 1.165) is 17.7 Å². The number of amides is 1. The topological polar surface area (TPSA) is 69.6 Å². The predicted octanol–water partition coefficient (Wildman–Crippen LogP) is 2.71. The van der Waals surface area contributed by atoms with Crippen LogP contribution in [0, 0.1) is 0 Å². The molecule has 0 aliphatic carbocycles. The third-order valence-electron chi connectivity index (χ3n) is 5.57. The van der Waals surface area contributed by atoms with Crippen molar-refractivity contribution in [3.8, 4) is 0 Å². The van der Waals surface area contributed by atoms with Gasteiger partial charge in [-0.2, -0.15) is 0 Å². The highest BCUT2D eigenvalue weighted by Crippen LogP contribution is 2.41. The minimum Gasteiger partial charge on any atom is -0.394 e. The van der Waals surface area contributed by atoms with Crippen molar-refractivity contribution >= 4 is 12.0 Å². The fourth-order valence-corrected chi connectivity index (χ4v) is 4.28. The minimum absolute atomic E-state index is 0.0280. The van der Waals surface area contributed by atoms with Gasteiger partial charge in [0.25, 0.3) is 0 Å². The Morgan fingerprint density at radius 2 is 1.90 bits per heavy atom. The second kappa shape index (κ2) is 9.76. The van der Waals surface area contributed by atoms with Gasteiger partial charge in [-0.05, 0) is 25.1 Å². The van der Waals surface area contributed by atoms with Crippen LogP contribution in [0.1, 0.15) is 42.9 Å². The van der Waals surface area contributed by atoms with E-state index in [1.807, 2.05) is 44.3 Å². The van der Waals surface area contributed by atoms with Crippen molar-refractivity contribution in [3.05, 3.63) is 65.8 Å². The van der Waals surface area contributed by atoms with Gasteiger partial charge in [-0.25, -0.2) is 9.97 Å². The molecule has 0 bridgehead atoms. The fraction of sp³-hybridized carbons (Fsp3) is 0.435. The van der Waals surface area contributed by atoms with Crippen molar-refractivity contribution in [2.75, 3.05) is 20.2 Å². The number of rotatable bonds is 8. The number of aliphatic hydroxyl groups excluding tert-OH is 1. The van der Waals surface area contributed by atoms with E-state index < -0.39 is 0 Å². The Kier molecular flexibility index (Phi) is 7.12. The van der Waals surface area contributed by atoms with Crippen LogP contribution in [-0.4, -0.2) is 63.1 Å². The Bertz CT molecular complexity index is 823. The second-order valence-electron chi connectivity index (χ2n) is 7.61. The van der Waals surface area contributed by atoms with E-state index in [4.69, 9.17) is 0 Å². The molecular formula is C23H30N4O2. The second-order valence-corrected chi connectivity index (χ2v) is 7.61. The SMILES string of the molecule is C/C=C/c1ccc([C@H]2[C@@H](CO)N(C(=O)CC)[C@H]2CN(C)Cc2cncnc2)cc1. The number of hydrogen-bond acceptors (Lipinski definition) is 5. The van der Waals surface area contributed by atoms with Crippen molar-refractivity contribution in [1.29, 1.82) is 0 Å². The molecule has 3 rings (SSSR count). The van der Waals surface area contributed by atoms with E-state index >= 15 is 0 Å². The molecule has 6 heteroatoms. The minimum atomic E-state index is -0.173. The normalized spacial score (nSPS) is 21.6. The highest BCUT2D eigenvalue weighted by Gasteiger charge is 2.50. The smallest absolute Gasteiger partial charge is 0.222 e. The molecule has 1 aromatic carbocycles. The van der Waals surface area contributed by atoms with Gasteiger partial charge < -0.3 is 10.0 Å². The Morgan fingerprint density at radius 1 is 1.21 bits per heavy atom. The van der Waals surface area contributed by atoms with Gasteiger partial charge in [-0.1, -0.05) is 43.3 Å². The number of nitrogens with zero attached hydrogens (tertiary/aromatic N) is 4. The van der Waals surface area contributed by atoms with Gasteiger partial charge in [-0.3, -0.25) is 9.69 Å². The summed E-state index contributed by atoms with van der Waals surface area (Å²) < 4.78 is 0. The van der Waals surface area contributed by atoms with Crippen molar-refractivity contribution in [2.24, 2.45) is 0 Å². The number of hydrogen-bond donors (Lipinski definition) is 1. The molecule has 1 fully saturated rings. The van der Waals surface area contributed by atoms with E-state index in [1.165, 1.54) is 11.9 Å². The number of benzene rings is 1. The molecule has 29 heavy (non-hydrogen) atoms. The summed E-state index contributed by atoms with van der Waals surface area (Å²) in [5.74, 6) is 0.205. The quantitative estimate of drug-likeness (QED) is 0.746. The summed E-state index contributed by atoms with van der Waals surface area (Å²) in [5.41, 5.74) is 3.35. The molecule has 0 saturated carbocycles. The van der Waals surface area contributed by atoms with E-state index in [2.05, 4.69) is 45.2 Å². The number of likely N-dealkylation sites (tertiary alicyclic amines) is 1. The van der Waals surface area contributed by atoms with Gasteiger partial charge in [0.2, 0.25) is 5.91 Å². The lowest BCUT2D eigenvalue weighted by Gasteiger charge is -2.56. The molecule has 0 unspecified atom stereocenters. The maximum atomic E-state index is 12.6. The van der Waals surface area contributed by atoms with Crippen LogP contribution in [0.5, 0.6) is 0 Å². The average Bonchev–Trinajstić information content (AvgIpc) is 2.73. The van der Waals surface area contributed by atoms with Crippen LogP contribution in [0.2, 0.25) is 0 Å². The summed E-state index contributed by atoms with van der Waals surface area (Å²) in [6, 6.07) is 8.28.